The maximum Gasteiger partial charge on any atom is 0.321 e. The van der Waals surface area contributed by atoms with E-state index in [1.54, 1.807) is 0 Å². The zero-order valence-electron chi connectivity index (χ0n) is 5.46. The molecule has 0 aliphatic carbocycles. The predicted octanol–water partition coefficient (Wildman–Crippen LogP) is -1.09. The number of ether oxygens (including phenoxy) is 1. The number of esters is 1. The van der Waals surface area contributed by atoms with Gasteiger partial charge in [-0.05, 0) is 0 Å². The highest BCUT2D eigenvalue weighted by Gasteiger charge is 1.97. The standard InChI is InChI=1S/C5H9N3O2/c6-2-1-3-10-5(9)4-8-7/h8H,1,3-4,7H2. The monoisotopic (exact) mass is 143 g/mol. The number of nitriles is 1. The highest BCUT2D eigenvalue weighted by atomic mass is 16.5. The molecule has 0 aliphatic heterocycles. The summed E-state index contributed by atoms with van der Waals surface area (Å²) >= 11 is 0. The lowest BCUT2D eigenvalue weighted by Crippen LogP contribution is -2.30. The van der Waals surface area contributed by atoms with Crippen LogP contribution in [-0.4, -0.2) is 19.1 Å². The molecule has 0 spiro atoms. The summed E-state index contributed by atoms with van der Waals surface area (Å²) in [4.78, 5) is 10.4. The van der Waals surface area contributed by atoms with Crippen LogP contribution < -0.4 is 11.3 Å². The van der Waals surface area contributed by atoms with Gasteiger partial charge in [-0.3, -0.25) is 10.6 Å². The van der Waals surface area contributed by atoms with Gasteiger partial charge in [-0.15, -0.1) is 0 Å². The number of hydrogen-bond donors (Lipinski definition) is 2. The zero-order valence-corrected chi connectivity index (χ0v) is 5.46. The van der Waals surface area contributed by atoms with E-state index >= 15 is 0 Å². The second kappa shape index (κ2) is 6.01. The normalized spacial score (nSPS) is 8.40. The molecule has 10 heavy (non-hydrogen) atoms. The van der Waals surface area contributed by atoms with Crippen molar-refractivity contribution in [2.45, 2.75) is 6.42 Å². The molecule has 5 nitrogen and oxygen atoms in total. The summed E-state index contributed by atoms with van der Waals surface area (Å²) in [5, 5.41) is 8.03. The first-order valence-electron chi connectivity index (χ1n) is 2.77. The van der Waals surface area contributed by atoms with Gasteiger partial charge in [0.2, 0.25) is 0 Å². The van der Waals surface area contributed by atoms with Crippen molar-refractivity contribution in [3.8, 4) is 6.07 Å². The van der Waals surface area contributed by atoms with Crippen LogP contribution in [0.1, 0.15) is 6.42 Å². The van der Waals surface area contributed by atoms with Gasteiger partial charge in [-0.25, -0.2) is 5.43 Å². The van der Waals surface area contributed by atoms with Gasteiger partial charge in [0.05, 0.1) is 12.5 Å². The van der Waals surface area contributed by atoms with Crippen LogP contribution in [0.15, 0.2) is 0 Å². The Kier molecular flexibility index (Phi) is 5.33. The molecular weight excluding hydrogens is 134 g/mol. The van der Waals surface area contributed by atoms with E-state index in [-0.39, 0.29) is 19.6 Å². The number of carbonyl (C=O) groups is 1. The van der Waals surface area contributed by atoms with Crippen molar-refractivity contribution >= 4 is 5.97 Å². The van der Waals surface area contributed by atoms with Gasteiger partial charge in [0.15, 0.2) is 0 Å². The topological polar surface area (TPSA) is 88.1 Å². The molecule has 0 heterocycles. The van der Waals surface area contributed by atoms with E-state index in [9.17, 15) is 4.79 Å². The first kappa shape index (κ1) is 8.88. The smallest absolute Gasteiger partial charge is 0.321 e. The lowest BCUT2D eigenvalue weighted by Gasteiger charge is -1.99. The maximum absolute atomic E-state index is 10.4. The van der Waals surface area contributed by atoms with Gasteiger partial charge in [0.25, 0.3) is 0 Å². The molecule has 5 heteroatoms. The molecule has 0 amide bonds. The molecule has 0 bridgehead atoms. The molecule has 3 N–H and O–H groups in total. The van der Waals surface area contributed by atoms with E-state index in [1.807, 2.05) is 6.07 Å². The zero-order chi connectivity index (χ0) is 7.82. The van der Waals surface area contributed by atoms with E-state index in [0.29, 0.717) is 0 Å². The minimum absolute atomic E-state index is 0.0224. The first-order valence-corrected chi connectivity index (χ1v) is 2.77. The fourth-order valence-electron chi connectivity index (χ4n) is 0.345. The van der Waals surface area contributed by atoms with Crippen LogP contribution in [0.4, 0.5) is 0 Å². The quantitative estimate of drug-likeness (QED) is 0.226. The summed E-state index contributed by atoms with van der Waals surface area (Å²) in [6.07, 6.45) is 0.219. The molecule has 0 saturated carbocycles. The number of carbonyl (C=O) groups excluding carboxylic acids is 1. The molecule has 0 aromatic carbocycles. The van der Waals surface area contributed by atoms with Crippen molar-refractivity contribution in [3.05, 3.63) is 0 Å². The Bertz CT molecular complexity index is 140. The summed E-state index contributed by atoms with van der Waals surface area (Å²) in [7, 11) is 0. The molecule has 0 radical (unpaired) electrons. The number of nitrogens with one attached hydrogen (secondary N) is 1. The largest absolute Gasteiger partial charge is 0.464 e. The Morgan fingerprint density at radius 3 is 3.00 bits per heavy atom. The van der Waals surface area contributed by atoms with Gasteiger partial charge in [-0.2, -0.15) is 5.26 Å². The Morgan fingerprint density at radius 1 is 1.80 bits per heavy atom. The van der Waals surface area contributed by atoms with Crippen LogP contribution in [0.25, 0.3) is 0 Å². The third-order valence-electron chi connectivity index (χ3n) is 0.723. The van der Waals surface area contributed by atoms with Gasteiger partial charge in [-0.1, -0.05) is 0 Å². The lowest BCUT2D eigenvalue weighted by atomic mass is 10.5. The van der Waals surface area contributed by atoms with Crippen molar-refractivity contribution in [2.75, 3.05) is 13.2 Å². The molecule has 0 unspecified atom stereocenters. The lowest BCUT2D eigenvalue weighted by molar-refractivity contribution is -0.142. The molecule has 0 aromatic rings. The number of nitrogens with two attached hydrogens (primary N) is 1. The molecule has 56 valence electrons. The van der Waals surface area contributed by atoms with Gasteiger partial charge in [0.1, 0.15) is 13.2 Å². The second-order valence-corrected chi connectivity index (χ2v) is 1.51. The third kappa shape index (κ3) is 5.03. The summed E-state index contributed by atoms with van der Waals surface area (Å²) in [6.45, 7) is 0.114. The highest BCUT2D eigenvalue weighted by molar-refractivity contribution is 5.71. The SMILES string of the molecule is N#CCCOC(=O)CNN. The van der Waals surface area contributed by atoms with Crippen molar-refractivity contribution in [1.82, 2.24) is 5.43 Å². The predicted molar refractivity (Wildman–Crippen MR) is 33.4 cm³/mol. The molecule has 0 aliphatic rings. The number of rotatable bonds is 4. The Labute approximate surface area is 58.7 Å². The van der Waals surface area contributed by atoms with Gasteiger partial charge >= 0.3 is 5.97 Å². The Hall–Kier alpha value is -1.12. The number of nitrogens with zero attached hydrogens (tertiary/aromatic N) is 1. The van der Waals surface area contributed by atoms with E-state index in [2.05, 4.69) is 10.2 Å². The maximum atomic E-state index is 10.4. The molecular formula is C5H9N3O2. The van der Waals surface area contributed by atoms with Crippen LogP contribution >= 0.6 is 0 Å². The van der Waals surface area contributed by atoms with Gasteiger partial charge in [0, 0.05) is 0 Å². The van der Waals surface area contributed by atoms with E-state index in [4.69, 9.17) is 11.1 Å². The fourth-order valence-corrected chi connectivity index (χ4v) is 0.345. The summed E-state index contributed by atoms with van der Waals surface area (Å²) < 4.78 is 4.52. The van der Waals surface area contributed by atoms with Crippen LogP contribution in [-0.2, 0) is 9.53 Å². The van der Waals surface area contributed by atoms with Crippen molar-refractivity contribution in [3.63, 3.8) is 0 Å². The minimum Gasteiger partial charge on any atom is -0.464 e. The minimum atomic E-state index is -0.447. The average molecular weight is 143 g/mol. The van der Waals surface area contributed by atoms with Crippen LogP contribution in [0.3, 0.4) is 0 Å². The first-order chi connectivity index (χ1) is 4.81. The molecule has 0 atom stereocenters. The summed E-state index contributed by atoms with van der Waals surface area (Å²) in [5.74, 6) is 4.37. The molecule has 0 saturated heterocycles. The van der Waals surface area contributed by atoms with Gasteiger partial charge < -0.3 is 4.74 Å². The van der Waals surface area contributed by atoms with E-state index in [0.717, 1.165) is 0 Å². The number of hydrogen-bond acceptors (Lipinski definition) is 5. The summed E-state index contributed by atoms with van der Waals surface area (Å²) in [6, 6.07) is 1.84. The van der Waals surface area contributed by atoms with Crippen LogP contribution in [0.5, 0.6) is 0 Å². The molecule has 0 fully saturated rings. The van der Waals surface area contributed by atoms with Crippen molar-refractivity contribution in [2.24, 2.45) is 5.84 Å². The Morgan fingerprint density at radius 2 is 2.50 bits per heavy atom. The summed E-state index contributed by atoms with van der Waals surface area (Å²) in [5.41, 5.74) is 2.14. The van der Waals surface area contributed by atoms with Crippen molar-refractivity contribution < 1.29 is 9.53 Å². The molecule has 0 rings (SSSR count). The van der Waals surface area contributed by atoms with E-state index < -0.39 is 5.97 Å². The third-order valence-corrected chi connectivity index (χ3v) is 0.723. The van der Waals surface area contributed by atoms with Crippen LogP contribution in [0, 0.1) is 11.3 Å². The Balaban J connectivity index is 3.15. The molecule has 0 aromatic heterocycles. The average Bonchev–Trinajstić information content (AvgIpc) is 1.89. The van der Waals surface area contributed by atoms with E-state index in [1.165, 1.54) is 0 Å². The number of hydrazine groups is 1. The van der Waals surface area contributed by atoms with Crippen LogP contribution in [0.2, 0.25) is 0 Å². The fraction of sp³-hybridized carbons (Fsp3) is 0.600. The van der Waals surface area contributed by atoms with Crippen molar-refractivity contribution in [1.29, 1.82) is 5.26 Å². The highest BCUT2D eigenvalue weighted by Crippen LogP contribution is 1.79. The second-order valence-electron chi connectivity index (χ2n) is 1.51.